The summed E-state index contributed by atoms with van der Waals surface area (Å²) in [5.74, 6) is 0. The number of thiophene rings is 1. The van der Waals surface area contributed by atoms with Crippen molar-refractivity contribution in [3.05, 3.63) is 23.7 Å². The van der Waals surface area contributed by atoms with Gasteiger partial charge in [-0.3, -0.25) is 9.19 Å². The molecule has 6 heteroatoms. The summed E-state index contributed by atoms with van der Waals surface area (Å²) in [6.07, 6.45) is 1.36. The van der Waals surface area contributed by atoms with E-state index < -0.39 is 11.1 Å². The molecule has 2 aromatic heterocycles. The first kappa shape index (κ1) is 11.3. The van der Waals surface area contributed by atoms with E-state index in [0.717, 1.165) is 10.2 Å². The minimum absolute atomic E-state index is 0. The van der Waals surface area contributed by atoms with Crippen molar-refractivity contribution in [1.29, 1.82) is 0 Å². The number of hydrogen-bond donors (Lipinski definition) is 0. The maximum atomic E-state index is 10.5. The molecular formula is C7H4NNaO2S2. The fourth-order valence-corrected chi connectivity index (χ4v) is 2.13. The monoisotopic (exact) mass is 221 g/mol. The van der Waals surface area contributed by atoms with Crippen LogP contribution in [0.5, 0.6) is 0 Å². The zero-order valence-electron chi connectivity index (χ0n) is 6.89. The summed E-state index contributed by atoms with van der Waals surface area (Å²) in [6, 6.07) is 3.48. The van der Waals surface area contributed by atoms with Gasteiger partial charge in [0.25, 0.3) is 0 Å². The van der Waals surface area contributed by atoms with Gasteiger partial charge in [-0.15, -0.1) is 11.3 Å². The molecule has 0 aromatic carbocycles. The predicted molar refractivity (Wildman–Crippen MR) is 46.8 cm³/mol. The van der Waals surface area contributed by atoms with Crippen LogP contribution in [0.3, 0.4) is 0 Å². The Morgan fingerprint density at radius 2 is 2.31 bits per heavy atom. The van der Waals surface area contributed by atoms with Crippen molar-refractivity contribution in [3.63, 3.8) is 0 Å². The molecule has 0 aliphatic heterocycles. The molecule has 0 saturated heterocycles. The van der Waals surface area contributed by atoms with E-state index in [2.05, 4.69) is 4.98 Å². The van der Waals surface area contributed by atoms with Crippen LogP contribution in [0.15, 0.2) is 28.6 Å². The van der Waals surface area contributed by atoms with Crippen LogP contribution in [0, 0.1) is 0 Å². The Bertz CT molecular complexity index is 443. The van der Waals surface area contributed by atoms with Crippen molar-refractivity contribution in [2.45, 2.75) is 4.90 Å². The molecule has 1 unspecified atom stereocenters. The van der Waals surface area contributed by atoms with Crippen molar-refractivity contribution in [3.8, 4) is 0 Å². The van der Waals surface area contributed by atoms with Crippen molar-refractivity contribution >= 4 is 32.6 Å². The summed E-state index contributed by atoms with van der Waals surface area (Å²) >= 11 is -0.692. The molecule has 0 spiro atoms. The van der Waals surface area contributed by atoms with Gasteiger partial charge in [-0.1, -0.05) is 0 Å². The summed E-state index contributed by atoms with van der Waals surface area (Å²) in [4.78, 5) is 4.22. The van der Waals surface area contributed by atoms with Crippen molar-refractivity contribution in [2.75, 3.05) is 0 Å². The Balaban J connectivity index is 0.000000845. The first-order valence-corrected chi connectivity index (χ1v) is 5.15. The summed E-state index contributed by atoms with van der Waals surface area (Å²) < 4.78 is 22.0. The average Bonchev–Trinajstić information content (AvgIpc) is 2.49. The van der Waals surface area contributed by atoms with Gasteiger partial charge in [-0.05, 0) is 28.6 Å². The Morgan fingerprint density at radius 1 is 1.54 bits per heavy atom. The van der Waals surface area contributed by atoms with E-state index in [1.54, 1.807) is 6.07 Å². The summed E-state index contributed by atoms with van der Waals surface area (Å²) in [5.41, 5.74) is 0.842. The molecule has 3 nitrogen and oxygen atoms in total. The third-order valence-corrected chi connectivity index (χ3v) is 2.93. The Morgan fingerprint density at radius 3 is 3.00 bits per heavy atom. The van der Waals surface area contributed by atoms with Crippen LogP contribution in [0.25, 0.3) is 10.2 Å². The molecule has 0 amide bonds. The largest absolute Gasteiger partial charge is 1.00 e. The molecule has 0 fully saturated rings. The number of nitrogens with zero attached hydrogens (tertiary/aromatic N) is 1. The van der Waals surface area contributed by atoms with Gasteiger partial charge in [-0.2, -0.15) is 0 Å². The molecule has 2 rings (SSSR count). The Hall–Kier alpha value is 0.220. The fourth-order valence-electron chi connectivity index (χ4n) is 0.920. The van der Waals surface area contributed by atoms with E-state index in [9.17, 15) is 8.76 Å². The van der Waals surface area contributed by atoms with E-state index in [0.29, 0.717) is 0 Å². The molecule has 62 valence electrons. The number of aromatic nitrogens is 1. The standard InChI is InChI=1S/C7H5NO2S2.Na/c9-12(10)5-3-7-6(8-4-5)1-2-11-7;/h1-4H,(H,9,10);/q;+1/p-1. The topological polar surface area (TPSA) is 53.0 Å². The van der Waals surface area contributed by atoms with Gasteiger partial charge in [0.1, 0.15) is 0 Å². The van der Waals surface area contributed by atoms with E-state index >= 15 is 0 Å². The molecule has 2 heterocycles. The molecule has 0 aliphatic rings. The molecule has 0 saturated carbocycles. The number of hydrogen-bond acceptors (Lipinski definition) is 4. The van der Waals surface area contributed by atoms with Crippen molar-refractivity contribution in [2.24, 2.45) is 0 Å². The molecule has 1 atom stereocenters. The van der Waals surface area contributed by atoms with Crippen molar-refractivity contribution < 1.29 is 38.3 Å². The maximum Gasteiger partial charge on any atom is 1.00 e. The minimum atomic E-state index is -2.17. The van der Waals surface area contributed by atoms with Gasteiger partial charge >= 0.3 is 29.6 Å². The van der Waals surface area contributed by atoms with Crippen molar-refractivity contribution in [1.82, 2.24) is 4.98 Å². The van der Waals surface area contributed by atoms with Crippen LogP contribution in [0.4, 0.5) is 0 Å². The van der Waals surface area contributed by atoms with Crippen LogP contribution >= 0.6 is 11.3 Å². The van der Waals surface area contributed by atoms with Crippen LogP contribution < -0.4 is 29.6 Å². The summed E-state index contributed by atoms with van der Waals surface area (Å²) in [7, 11) is 0. The molecule has 0 aliphatic carbocycles. The number of fused-ring (bicyclic) bond motifs is 1. The van der Waals surface area contributed by atoms with Gasteiger partial charge < -0.3 is 4.55 Å². The van der Waals surface area contributed by atoms with Crippen LogP contribution in [0.1, 0.15) is 0 Å². The van der Waals surface area contributed by atoms with Crippen LogP contribution in [-0.2, 0) is 11.1 Å². The first-order valence-electron chi connectivity index (χ1n) is 3.20. The van der Waals surface area contributed by atoms with Gasteiger partial charge in [0.2, 0.25) is 0 Å². The van der Waals surface area contributed by atoms with E-state index in [1.807, 2.05) is 11.4 Å². The molecular weight excluding hydrogens is 217 g/mol. The smallest absolute Gasteiger partial charge is 0.768 e. The first-order chi connectivity index (χ1) is 5.77. The third kappa shape index (κ3) is 2.37. The Labute approximate surface area is 104 Å². The second-order valence-electron chi connectivity index (χ2n) is 2.21. The fraction of sp³-hybridized carbons (Fsp3) is 0. The summed E-state index contributed by atoms with van der Waals surface area (Å²) in [6.45, 7) is 0. The zero-order valence-corrected chi connectivity index (χ0v) is 10.5. The second-order valence-corrected chi connectivity index (χ2v) is 4.10. The normalized spacial score (nSPS) is 12.4. The maximum absolute atomic E-state index is 10.5. The summed E-state index contributed by atoms with van der Waals surface area (Å²) in [5, 5.41) is 1.88. The van der Waals surface area contributed by atoms with Crippen LogP contribution in [0.2, 0.25) is 0 Å². The van der Waals surface area contributed by atoms with Gasteiger partial charge in [0, 0.05) is 11.1 Å². The van der Waals surface area contributed by atoms with E-state index in [1.165, 1.54) is 17.5 Å². The quantitative estimate of drug-likeness (QED) is 0.437. The average molecular weight is 221 g/mol. The second kappa shape index (κ2) is 4.63. The number of rotatable bonds is 1. The molecule has 13 heavy (non-hydrogen) atoms. The van der Waals surface area contributed by atoms with Gasteiger partial charge in [-0.25, -0.2) is 0 Å². The predicted octanol–water partition coefficient (Wildman–Crippen LogP) is -1.46. The minimum Gasteiger partial charge on any atom is -0.768 e. The van der Waals surface area contributed by atoms with E-state index in [-0.39, 0.29) is 34.5 Å². The Kier molecular flexibility index (Phi) is 4.03. The zero-order chi connectivity index (χ0) is 8.55. The molecule has 2 aromatic rings. The van der Waals surface area contributed by atoms with Gasteiger partial charge in [0.15, 0.2) is 0 Å². The SMILES string of the molecule is O=S([O-])c1cnc2ccsc2c1.[Na+]. The molecule has 0 bridgehead atoms. The van der Waals surface area contributed by atoms with Crippen LogP contribution in [-0.4, -0.2) is 13.7 Å². The molecule has 0 N–H and O–H groups in total. The number of pyridine rings is 1. The molecule has 0 radical (unpaired) electrons. The van der Waals surface area contributed by atoms with E-state index in [4.69, 9.17) is 0 Å². The third-order valence-electron chi connectivity index (χ3n) is 1.47. The van der Waals surface area contributed by atoms with Gasteiger partial charge in [0.05, 0.1) is 10.2 Å².